The number of aliphatic hydroxyl groups is 1. The number of nitro groups is 1. The van der Waals surface area contributed by atoms with E-state index in [1.165, 1.54) is 4.68 Å². The van der Waals surface area contributed by atoms with Crippen molar-refractivity contribution in [1.82, 2.24) is 9.78 Å². The maximum Gasteiger partial charge on any atom is 0.333 e. The van der Waals surface area contributed by atoms with Gasteiger partial charge in [0, 0.05) is 23.6 Å². The Balaban J connectivity index is 2.20. The molecule has 0 unspecified atom stereocenters. The van der Waals surface area contributed by atoms with Gasteiger partial charge in [-0.25, -0.2) is 4.68 Å². The number of aliphatic hydroxyl groups excluding tert-OH is 1. The molecule has 0 saturated carbocycles. The minimum atomic E-state index is -0.925. The lowest BCUT2D eigenvalue weighted by Crippen LogP contribution is -2.15. The number of hydrogen-bond donors (Lipinski definition) is 2. The molecular weight excluding hydrogens is 343 g/mol. The topological polar surface area (TPSA) is 93.2 Å². The molecule has 0 bridgehead atoms. The number of aromatic nitrogens is 2. The lowest BCUT2D eigenvalue weighted by Gasteiger charge is -2.13. The molecule has 124 valence electrons. The number of anilines is 1. The average Bonchev–Trinajstić information content (AvgIpc) is 2.79. The van der Waals surface area contributed by atoms with Crippen molar-refractivity contribution in [2.45, 2.75) is 19.4 Å². The van der Waals surface area contributed by atoms with Crippen molar-refractivity contribution in [2.24, 2.45) is 7.05 Å². The molecule has 0 saturated heterocycles. The van der Waals surface area contributed by atoms with Crippen LogP contribution in [0.25, 0.3) is 0 Å². The first-order chi connectivity index (χ1) is 10.8. The fraction of sp³-hybridized carbons (Fsp3) is 0.357. The van der Waals surface area contributed by atoms with Crippen LogP contribution < -0.4 is 5.32 Å². The maximum atomic E-state index is 11.2. The Hall–Kier alpha value is -1.83. The molecule has 2 aromatic rings. The highest BCUT2D eigenvalue weighted by Crippen LogP contribution is 2.29. The molecule has 1 aromatic carbocycles. The van der Waals surface area contributed by atoms with Gasteiger partial charge in [-0.3, -0.25) is 10.1 Å². The third kappa shape index (κ3) is 3.93. The lowest BCUT2D eigenvalue weighted by molar-refractivity contribution is -0.384. The van der Waals surface area contributed by atoms with Crippen LogP contribution in [0.1, 0.15) is 24.3 Å². The molecule has 1 heterocycles. The number of hydrogen-bond acceptors (Lipinski definition) is 5. The van der Waals surface area contributed by atoms with E-state index in [2.05, 4.69) is 10.4 Å². The SMILES string of the molecule is CCc1nn(C)c(NC[C@H](O)c2cc(Cl)cc(Cl)c2)c1[N+](=O)[O-]. The summed E-state index contributed by atoms with van der Waals surface area (Å²) < 4.78 is 1.40. The van der Waals surface area contributed by atoms with Gasteiger partial charge in [-0.15, -0.1) is 0 Å². The van der Waals surface area contributed by atoms with Crippen molar-refractivity contribution in [3.63, 3.8) is 0 Å². The van der Waals surface area contributed by atoms with E-state index in [0.29, 0.717) is 27.7 Å². The van der Waals surface area contributed by atoms with Gasteiger partial charge in [0.2, 0.25) is 5.82 Å². The van der Waals surface area contributed by atoms with Gasteiger partial charge in [-0.05, 0) is 30.2 Å². The Labute approximate surface area is 143 Å². The number of nitrogens with one attached hydrogen (secondary N) is 1. The second-order valence-corrected chi connectivity index (χ2v) is 5.85. The minimum absolute atomic E-state index is 0.0558. The highest BCUT2D eigenvalue weighted by molar-refractivity contribution is 6.34. The molecule has 9 heteroatoms. The zero-order valence-electron chi connectivity index (χ0n) is 12.6. The Kier molecular flexibility index (Phi) is 5.46. The Morgan fingerprint density at radius 1 is 1.39 bits per heavy atom. The van der Waals surface area contributed by atoms with E-state index in [1.807, 2.05) is 0 Å². The summed E-state index contributed by atoms with van der Waals surface area (Å²) in [6.45, 7) is 1.85. The largest absolute Gasteiger partial charge is 0.387 e. The van der Waals surface area contributed by atoms with Gasteiger partial charge >= 0.3 is 5.69 Å². The van der Waals surface area contributed by atoms with Gasteiger partial charge in [0.05, 0.1) is 11.0 Å². The Morgan fingerprint density at radius 3 is 2.52 bits per heavy atom. The third-order valence-electron chi connectivity index (χ3n) is 3.34. The Bertz CT molecular complexity index is 713. The fourth-order valence-corrected chi connectivity index (χ4v) is 2.82. The van der Waals surface area contributed by atoms with Crippen LogP contribution in [0, 0.1) is 10.1 Å². The van der Waals surface area contributed by atoms with E-state index in [9.17, 15) is 15.2 Å². The van der Waals surface area contributed by atoms with Gasteiger partial charge < -0.3 is 10.4 Å². The molecular formula is C14H16Cl2N4O3. The normalized spacial score (nSPS) is 12.2. The zero-order valence-corrected chi connectivity index (χ0v) is 14.1. The first kappa shape index (κ1) is 17.5. The van der Waals surface area contributed by atoms with Gasteiger partial charge in [0.25, 0.3) is 0 Å². The predicted molar refractivity (Wildman–Crippen MR) is 89.2 cm³/mol. The van der Waals surface area contributed by atoms with E-state index in [4.69, 9.17) is 23.2 Å². The molecule has 0 amide bonds. The summed E-state index contributed by atoms with van der Waals surface area (Å²) in [6.07, 6.45) is -0.482. The fourth-order valence-electron chi connectivity index (χ4n) is 2.28. The second-order valence-electron chi connectivity index (χ2n) is 4.98. The standard InChI is InChI=1S/C14H16Cl2N4O3/c1-3-11-13(20(22)23)14(19(2)18-11)17-7-12(21)8-4-9(15)6-10(16)5-8/h4-6,12,17,21H,3,7H2,1-2H3/t12-/m0/s1. The van der Waals surface area contributed by atoms with Crippen LogP contribution in [-0.4, -0.2) is 26.4 Å². The third-order valence-corrected chi connectivity index (χ3v) is 3.78. The lowest BCUT2D eigenvalue weighted by atomic mass is 10.1. The van der Waals surface area contributed by atoms with Gasteiger partial charge in [0.15, 0.2) is 0 Å². The van der Waals surface area contributed by atoms with Crippen molar-refractivity contribution >= 4 is 34.7 Å². The molecule has 0 spiro atoms. The summed E-state index contributed by atoms with van der Waals surface area (Å²) in [7, 11) is 1.61. The molecule has 0 fully saturated rings. The van der Waals surface area contributed by atoms with Crippen LogP contribution in [0.4, 0.5) is 11.5 Å². The quantitative estimate of drug-likeness (QED) is 0.610. The minimum Gasteiger partial charge on any atom is -0.387 e. The van der Waals surface area contributed by atoms with Crippen molar-refractivity contribution in [3.05, 3.63) is 49.6 Å². The maximum absolute atomic E-state index is 11.2. The van der Waals surface area contributed by atoms with Gasteiger partial charge in [-0.1, -0.05) is 30.1 Å². The van der Waals surface area contributed by atoms with Crippen molar-refractivity contribution in [2.75, 3.05) is 11.9 Å². The zero-order chi connectivity index (χ0) is 17.1. The van der Waals surface area contributed by atoms with Crippen LogP contribution in [-0.2, 0) is 13.5 Å². The number of aryl methyl sites for hydroxylation is 2. The molecule has 0 aliphatic rings. The smallest absolute Gasteiger partial charge is 0.333 e. The number of nitrogens with zero attached hydrogens (tertiary/aromatic N) is 3. The molecule has 0 radical (unpaired) electrons. The number of rotatable bonds is 6. The monoisotopic (exact) mass is 358 g/mol. The molecule has 1 aromatic heterocycles. The summed E-state index contributed by atoms with van der Waals surface area (Å²) in [6, 6.07) is 4.75. The summed E-state index contributed by atoms with van der Waals surface area (Å²) in [4.78, 5) is 10.8. The van der Waals surface area contributed by atoms with Crippen LogP contribution in [0.5, 0.6) is 0 Å². The van der Waals surface area contributed by atoms with E-state index < -0.39 is 11.0 Å². The molecule has 1 atom stereocenters. The summed E-state index contributed by atoms with van der Waals surface area (Å²) in [5.74, 6) is 0.249. The van der Waals surface area contributed by atoms with Crippen molar-refractivity contribution in [1.29, 1.82) is 0 Å². The molecule has 0 aliphatic heterocycles. The number of benzene rings is 1. The van der Waals surface area contributed by atoms with E-state index in [-0.39, 0.29) is 18.1 Å². The van der Waals surface area contributed by atoms with Crippen LogP contribution >= 0.6 is 23.2 Å². The molecule has 2 N–H and O–H groups in total. The summed E-state index contributed by atoms with van der Waals surface area (Å²) in [5.41, 5.74) is 0.835. The van der Waals surface area contributed by atoms with Crippen molar-refractivity contribution in [3.8, 4) is 0 Å². The molecule has 23 heavy (non-hydrogen) atoms. The van der Waals surface area contributed by atoms with E-state index >= 15 is 0 Å². The summed E-state index contributed by atoms with van der Waals surface area (Å²) in [5, 5.41) is 29.3. The van der Waals surface area contributed by atoms with Crippen LogP contribution in [0.2, 0.25) is 10.0 Å². The van der Waals surface area contributed by atoms with Gasteiger partial charge in [-0.2, -0.15) is 5.10 Å². The molecule has 7 nitrogen and oxygen atoms in total. The highest BCUT2D eigenvalue weighted by Gasteiger charge is 2.26. The summed E-state index contributed by atoms with van der Waals surface area (Å²) >= 11 is 11.8. The average molecular weight is 359 g/mol. The van der Waals surface area contributed by atoms with E-state index in [0.717, 1.165) is 0 Å². The predicted octanol–water partition coefficient (Wildman–Crippen LogP) is 3.34. The van der Waals surface area contributed by atoms with Gasteiger partial charge in [0.1, 0.15) is 5.69 Å². The molecule has 0 aliphatic carbocycles. The van der Waals surface area contributed by atoms with Crippen molar-refractivity contribution < 1.29 is 10.0 Å². The van der Waals surface area contributed by atoms with Crippen LogP contribution in [0.15, 0.2) is 18.2 Å². The first-order valence-electron chi connectivity index (χ1n) is 6.91. The molecule has 2 rings (SSSR count). The second kappa shape index (κ2) is 7.16. The highest BCUT2D eigenvalue weighted by atomic mass is 35.5. The van der Waals surface area contributed by atoms with Crippen LogP contribution in [0.3, 0.4) is 0 Å². The number of halogens is 2. The van der Waals surface area contributed by atoms with E-state index in [1.54, 1.807) is 32.2 Å². The first-order valence-corrected chi connectivity index (χ1v) is 7.67. The Morgan fingerprint density at radius 2 is 2.00 bits per heavy atom.